The van der Waals surface area contributed by atoms with Gasteiger partial charge in [0.2, 0.25) is 5.91 Å². The lowest BCUT2D eigenvalue weighted by molar-refractivity contribution is -0.156. The first-order valence-corrected chi connectivity index (χ1v) is 27.2. The zero-order chi connectivity index (χ0) is 49.6. The van der Waals surface area contributed by atoms with Crippen LogP contribution in [-0.4, -0.2) is 139 Å². The van der Waals surface area contributed by atoms with Gasteiger partial charge in [-0.05, 0) is 94.4 Å². The Kier molecular flexibility index (Phi) is 14.9. The van der Waals surface area contributed by atoms with E-state index in [9.17, 15) is 14.4 Å². The van der Waals surface area contributed by atoms with Crippen LogP contribution in [0.15, 0.2) is 35.8 Å². The van der Waals surface area contributed by atoms with Crippen LogP contribution in [0.3, 0.4) is 0 Å². The molecule has 10 rings (SSSR count). The van der Waals surface area contributed by atoms with Crippen LogP contribution >= 0.6 is 11.3 Å². The van der Waals surface area contributed by atoms with Crippen LogP contribution in [0.5, 0.6) is 0 Å². The Hall–Kier alpha value is -4.49. The quantitative estimate of drug-likeness (QED) is 0.131. The third-order valence-corrected chi connectivity index (χ3v) is 16.9. The number of cyclic esters (lactones) is 1. The molecular weight excluding hydrogens is 921 g/mol. The van der Waals surface area contributed by atoms with Gasteiger partial charge < -0.3 is 38.5 Å². The lowest BCUT2D eigenvalue weighted by Gasteiger charge is -2.37. The van der Waals surface area contributed by atoms with Crippen LogP contribution < -0.4 is 15.6 Å². The van der Waals surface area contributed by atoms with Gasteiger partial charge in [-0.25, -0.2) is 10.4 Å². The van der Waals surface area contributed by atoms with E-state index in [2.05, 4.69) is 84.0 Å². The largest absolute Gasteiger partial charge is 0.464 e. The Bertz CT molecular complexity index is 2560. The second-order valence-corrected chi connectivity index (χ2v) is 22.5. The molecule has 4 aliphatic heterocycles. The van der Waals surface area contributed by atoms with Gasteiger partial charge in [-0.15, -0.1) is 11.3 Å². The Labute approximate surface area is 422 Å². The SMILES string of the molecule is CCO[C@@H]1c2nc(cs2)-c2ccc3c(c2)c(c(-c2cc(N4CCN(C5CC5)CC4)cnc2[C@H](C)OC)n3CCOC2CCOCC2)CC(C)(C)COC(=O)[C@@H]2CCCN(N2)C(=O)[C@H]1NC(=O)C1[C@@H](C)[C@H]1C. The molecule has 6 aliphatic rings. The first kappa shape index (κ1) is 50.1. The Morgan fingerprint density at radius 1 is 1.01 bits per heavy atom. The molecule has 1 unspecified atom stereocenters. The number of thiazole rings is 1. The van der Waals surface area contributed by atoms with E-state index < -0.39 is 29.6 Å². The molecule has 16 nitrogen and oxygen atoms in total. The molecule has 17 heteroatoms. The molecular formula is C54H74N8O8S. The van der Waals surface area contributed by atoms with E-state index in [-0.39, 0.29) is 55.0 Å². The van der Waals surface area contributed by atoms with Crippen molar-refractivity contribution in [1.29, 1.82) is 0 Å². The fraction of sp³-hybridized carbons (Fsp3) is 0.648. The number of hydrogen-bond acceptors (Lipinski definition) is 14. The summed E-state index contributed by atoms with van der Waals surface area (Å²) in [6.07, 6.45) is 6.92. The van der Waals surface area contributed by atoms with Crippen molar-refractivity contribution in [1.82, 2.24) is 35.2 Å². The van der Waals surface area contributed by atoms with Crippen molar-refractivity contribution in [3.8, 4) is 22.5 Å². The second kappa shape index (κ2) is 21.2. The topological polar surface area (TPSA) is 162 Å². The van der Waals surface area contributed by atoms with Crippen LogP contribution in [-0.2, 0) is 51.0 Å². The maximum atomic E-state index is 14.8. The summed E-state index contributed by atoms with van der Waals surface area (Å²) in [4.78, 5) is 58.4. The number of amides is 2. The molecule has 2 aliphatic carbocycles. The molecule has 5 fully saturated rings. The molecule has 3 aromatic heterocycles. The van der Waals surface area contributed by atoms with Crippen LogP contribution in [0.4, 0.5) is 5.69 Å². The highest BCUT2D eigenvalue weighted by Crippen LogP contribution is 2.46. The lowest BCUT2D eigenvalue weighted by atomic mass is 9.84. The van der Waals surface area contributed by atoms with Crippen molar-refractivity contribution in [2.45, 2.75) is 129 Å². The number of anilines is 1. The molecule has 2 saturated carbocycles. The van der Waals surface area contributed by atoms with Gasteiger partial charge in [0.15, 0.2) is 0 Å². The summed E-state index contributed by atoms with van der Waals surface area (Å²) in [7, 11) is 1.74. The number of benzene rings is 1. The standard InChI is InChI=1S/C54H74N8O8S/c1-8-68-49-47(57-50(63)45-32(2)33(45)3)52(64)62-17-9-10-42(58-62)53(65)70-31-54(5,6)28-41-39-26-35(43-30-71-51(49)56-43)11-14-44(39)61(22-25-69-38-15-23-67-24-16-38)48(41)40-27-37(29-55-46(40)34(4)66-7)60-20-18-59(19-21-60)36-12-13-36/h11,14,26-27,29-30,32-34,36,38,42,45,47,49,58H,8-10,12-13,15-25,28,31H2,1-7H3,(H,57,63)/t32-,33+,34-,42-,45?,47-,49-/m0/s1. The zero-order valence-corrected chi connectivity index (χ0v) is 43.6. The molecule has 7 atom stereocenters. The number of carbonyl (C=O) groups is 3. The zero-order valence-electron chi connectivity index (χ0n) is 42.7. The Morgan fingerprint density at radius 3 is 2.51 bits per heavy atom. The van der Waals surface area contributed by atoms with Crippen LogP contribution in [0, 0.1) is 23.2 Å². The number of aromatic nitrogens is 3. The van der Waals surface area contributed by atoms with E-state index in [4.69, 9.17) is 33.7 Å². The number of rotatable bonds is 13. The van der Waals surface area contributed by atoms with Gasteiger partial charge in [0, 0.05) is 111 Å². The Balaban J connectivity index is 1.12. The first-order valence-electron chi connectivity index (χ1n) is 26.3. The molecule has 384 valence electrons. The maximum Gasteiger partial charge on any atom is 0.324 e. The monoisotopic (exact) mass is 995 g/mol. The maximum absolute atomic E-state index is 14.8. The minimum atomic E-state index is -1.09. The second-order valence-electron chi connectivity index (χ2n) is 21.6. The summed E-state index contributed by atoms with van der Waals surface area (Å²) in [5.74, 6) is -0.777. The van der Waals surface area contributed by atoms with Crippen molar-refractivity contribution in [2.75, 3.05) is 77.8 Å². The van der Waals surface area contributed by atoms with Gasteiger partial charge in [-0.1, -0.05) is 33.8 Å². The average Bonchev–Trinajstić information content (AvgIpc) is 4.25. The Morgan fingerprint density at radius 2 is 1.79 bits per heavy atom. The third kappa shape index (κ3) is 10.7. The van der Waals surface area contributed by atoms with Crippen LogP contribution in [0.2, 0.25) is 0 Å². The highest BCUT2D eigenvalue weighted by atomic mass is 32.1. The third-order valence-electron chi connectivity index (χ3n) is 16.0. The number of esters is 1. The normalized spacial score (nSPS) is 27.1. The number of piperazine rings is 1. The number of carbonyl (C=O) groups excluding carboxylic acids is 3. The molecule has 6 bridgehead atoms. The molecule has 2 amide bonds. The van der Waals surface area contributed by atoms with Gasteiger partial charge in [0.1, 0.15) is 23.2 Å². The summed E-state index contributed by atoms with van der Waals surface area (Å²) in [6, 6.07) is 7.75. The minimum absolute atomic E-state index is 0.127. The number of ether oxygens (including phenoxy) is 5. The molecule has 1 aromatic carbocycles. The summed E-state index contributed by atoms with van der Waals surface area (Å²) < 4.78 is 33.5. The highest BCUT2D eigenvalue weighted by molar-refractivity contribution is 7.10. The van der Waals surface area contributed by atoms with Crippen molar-refractivity contribution >= 4 is 45.7 Å². The van der Waals surface area contributed by atoms with Crippen molar-refractivity contribution in [3.63, 3.8) is 0 Å². The molecule has 7 heterocycles. The van der Waals surface area contributed by atoms with E-state index in [0.29, 0.717) is 57.2 Å². The number of nitrogens with one attached hydrogen (secondary N) is 2. The molecule has 71 heavy (non-hydrogen) atoms. The average molecular weight is 995 g/mol. The smallest absolute Gasteiger partial charge is 0.324 e. The number of methoxy groups -OCH3 is 1. The summed E-state index contributed by atoms with van der Waals surface area (Å²) in [5.41, 5.74) is 10.5. The van der Waals surface area contributed by atoms with Crippen molar-refractivity contribution in [3.05, 3.63) is 52.1 Å². The van der Waals surface area contributed by atoms with E-state index in [1.807, 2.05) is 18.5 Å². The van der Waals surface area contributed by atoms with E-state index in [0.717, 1.165) is 95.4 Å². The lowest BCUT2D eigenvalue weighted by Crippen LogP contribution is -2.61. The predicted octanol–water partition coefficient (Wildman–Crippen LogP) is 7.10. The van der Waals surface area contributed by atoms with Gasteiger partial charge in [-0.3, -0.25) is 29.3 Å². The number of nitrogens with zero attached hydrogens (tertiary/aromatic N) is 6. The molecule has 0 radical (unpaired) electrons. The first-order chi connectivity index (χ1) is 34.3. The van der Waals surface area contributed by atoms with E-state index in [1.54, 1.807) is 7.11 Å². The summed E-state index contributed by atoms with van der Waals surface area (Å²) in [6.45, 7) is 19.6. The predicted molar refractivity (Wildman–Crippen MR) is 273 cm³/mol. The van der Waals surface area contributed by atoms with Gasteiger partial charge in [0.05, 0.1) is 54.4 Å². The van der Waals surface area contributed by atoms with Gasteiger partial charge in [0.25, 0.3) is 5.91 Å². The molecule has 0 spiro atoms. The van der Waals surface area contributed by atoms with Gasteiger partial charge in [-0.2, -0.15) is 0 Å². The number of hydrogen-bond donors (Lipinski definition) is 2. The van der Waals surface area contributed by atoms with Crippen molar-refractivity contribution < 1.29 is 38.1 Å². The van der Waals surface area contributed by atoms with E-state index >= 15 is 0 Å². The number of hydrazine groups is 1. The molecule has 2 N–H and O–H groups in total. The van der Waals surface area contributed by atoms with Gasteiger partial charge >= 0.3 is 5.97 Å². The number of fused-ring (bicyclic) bond motifs is 6. The highest BCUT2D eigenvalue weighted by Gasteiger charge is 2.50. The summed E-state index contributed by atoms with van der Waals surface area (Å²) in [5, 5.41) is 8.25. The fourth-order valence-electron chi connectivity index (χ4n) is 11.4. The minimum Gasteiger partial charge on any atom is -0.464 e. The fourth-order valence-corrected chi connectivity index (χ4v) is 12.3. The molecule has 3 saturated heterocycles. The molecule has 4 aromatic rings. The van der Waals surface area contributed by atoms with Crippen LogP contribution in [0.1, 0.15) is 109 Å². The van der Waals surface area contributed by atoms with E-state index in [1.165, 1.54) is 29.2 Å². The number of pyridine rings is 1. The van der Waals surface area contributed by atoms with Crippen LogP contribution in [0.25, 0.3) is 33.4 Å². The summed E-state index contributed by atoms with van der Waals surface area (Å²) >= 11 is 1.42. The van der Waals surface area contributed by atoms with Crippen molar-refractivity contribution in [2.24, 2.45) is 23.2 Å².